The summed E-state index contributed by atoms with van der Waals surface area (Å²) in [6.07, 6.45) is 6.62. The molecule has 0 unspecified atom stereocenters. The molecule has 0 aliphatic carbocycles. The first-order valence-corrected chi connectivity index (χ1v) is 13.5. The van der Waals surface area contributed by atoms with Crippen LogP contribution in [0.3, 0.4) is 0 Å². The Kier molecular flexibility index (Phi) is 7.18. The van der Waals surface area contributed by atoms with Crippen molar-refractivity contribution >= 4 is 5.52 Å². The van der Waals surface area contributed by atoms with Gasteiger partial charge in [-0.1, -0.05) is 5.21 Å². The summed E-state index contributed by atoms with van der Waals surface area (Å²) >= 11 is 0. The van der Waals surface area contributed by atoms with Crippen LogP contribution in [0.25, 0.3) is 16.8 Å². The zero-order chi connectivity index (χ0) is 27.8. The van der Waals surface area contributed by atoms with Crippen LogP contribution in [0.15, 0.2) is 36.8 Å². The van der Waals surface area contributed by atoms with E-state index in [4.69, 9.17) is 9.47 Å². The van der Waals surface area contributed by atoms with Crippen LogP contribution in [0.5, 0.6) is 5.75 Å². The number of rotatable bonds is 8. The van der Waals surface area contributed by atoms with Crippen molar-refractivity contribution in [3.05, 3.63) is 59.6 Å². The molecule has 6 rings (SSSR count). The Bertz CT molecular complexity index is 1530. The zero-order valence-corrected chi connectivity index (χ0v) is 22.9. The molecule has 12 heteroatoms. The average Bonchev–Trinajstić information content (AvgIpc) is 3.52. The lowest BCUT2D eigenvalue weighted by molar-refractivity contribution is -0.0735. The third kappa shape index (κ3) is 4.92. The Morgan fingerprint density at radius 3 is 2.65 bits per heavy atom. The molecule has 2 saturated heterocycles. The molecule has 4 aromatic rings. The highest BCUT2D eigenvalue weighted by Gasteiger charge is 2.31. The average molecular weight is 546 g/mol. The molecule has 40 heavy (non-hydrogen) atoms. The second kappa shape index (κ2) is 10.9. The molecule has 6 heterocycles. The van der Waals surface area contributed by atoms with Crippen LogP contribution in [-0.2, 0) is 4.74 Å². The van der Waals surface area contributed by atoms with E-state index in [1.54, 1.807) is 10.6 Å². The van der Waals surface area contributed by atoms with E-state index in [0.29, 0.717) is 28.6 Å². The van der Waals surface area contributed by atoms with Gasteiger partial charge in [0.1, 0.15) is 41.0 Å². The lowest BCUT2D eigenvalue weighted by Crippen LogP contribution is -2.52. The van der Waals surface area contributed by atoms with E-state index in [-0.39, 0.29) is 18.7 Å². The minimum atomic E-state index is -0.392. The number of likely N-dealkylation sites (N-methyl/N-ethyl adjacent to an activating group) is 1. The van der Waals surface area contributed by atoms with E-state index in [1.165, 1.54) is 18.5 Å². The molecule has 0 spiro atoms. The van der Waals surface area contributed by atoms with E-state index in [0.717, 1.165) is 56.1 Å². The summed E-state index contributed by atoms with van der Waals surface area (Å²) in [6, 6.07) is 7.74. The van der Waals surface area contributed by atoms with Gasteiger partial charge in [-0.25, -0.2) is 13.6 Å². The number of halogens is 1. The van der Waals surface area contributed by atoms with Gasteiger partial charge in [0.25, 0.3) is 0 Å². The second-order valence-corrected chi connectivity index (χ2v) is 10.7. The maximum atomic E-state index is 13.5. The fourth-order valence-electron chi connectivity index (χ4n) is 5.54. The van der Waals surface area contributed by atoms with Gasteiger partial charge >= 0.3 is 0 Å². The number of aromatic nitrogens is 6. The summed E-state index contributed by atoms with van der Waals surface area (Å²) in [5.74, 6) is 0.113. The lowest BCUT2D eigenvalue weighted by atomic mass is 10.0. The highest BCUT2D eigenvalue weighted by atomic mass is 19.1. The Labute approximate surface area is 231 Å². The van der Waals surface area contributed by atoms with Gasteiger partial charge in [-0.2, -0.15) is 10.4 Å². The standard InChI is InChI=1S/C28H32FN9O2/c1-18-27(33-34-38(18)22-6-8-36(9-7-22)23-15-39-16-23)19-10-26(28-20(11-30)12-32-37(28)14-19)40-17-25(35(2)3)24-5-4-21(29)13-31-24/h4-5,10,12-14,22-23,25H,6-9,15-17H2,1-3H3/t25-/m1/s1. The Hall–Kier alpha value is -3.92. The molecule has 0 saturated carbocycles. The fraction of sp³-hybridized carbons (Fsp3) is 0.464. The third-order valence-corrected chi connectivity index (χ3v) is 7.99. The maximum Gasteiger partial charge on any atom is 0.147 e. The third-order valence-electron chi connectivity index (χ3n) is 7.99. The van der Waals surface area contributed by atoms with Crippen LogP contribution in [0.4, 0.5) is 4.39 Å². The molecule has 11 nitrogen and oxygen atoms in total. The Balaban J connectivity index is 1.28. The summed E-state index contributed by atoms with van der Waals surface area (Å²) < 4.78 is 28.9. The van der Waals surface area contributed by atoms with Crippen LogP contribution in [0, 0.1) is 24.1 Å². The summed E-state index contributed by atoms with van der Waals surface area (Å²) in [6.45, 7) is 5.99. The molecule has 2 aliphatic heterocycles. The zero-order valence-electron chi connectivity index (χ0n) is 22.9. The monoisotopic (exact) mass is 545 g/mol. The molecule has 208 valence electrons. The van der Waals surface area contributed by atoms with Gasteiger partial charge in [0.15, 0.2) is 0 Å². The number of fused-ring (bicyclic) bond motifs is 1. The van der Waals surface area contributed by atoms with Crippen LogP contribution < -0.4 is 4.74 Å². The van der Waals surface area contributed by atoms with Crippen molar-refractivity contribution in [1.29, 1.82) is 5.26 Å². The SMILES string of the molecule is Cc1c(-c2cc(OC[C@H](c3ccc(F)cn3)N(C)C)c3c(C#N)cnn3c2)nnn1C1CCN(C2COC2)CC1. The number of piperidine rings is 1. The molecule has 2 fully saturated rings. The number of nitrogens with zero attached hydrogens (tertiary/aromatic N) is 9. The summed E-state index contributed by atoms with van der Waals surface area (Å²) in [5, 5.41) is 23.2. The van der Waals surface area contributed by atoms with Crippen molar-refractivity contribution in [2.75, 3.05) is 47.0 Å². The van der Waals surface area contributed by atoms with E-state index in [1.807, 2.05) is 42.9 Å². The number of pyridine rings is 2. The highest BCUT2D eigenvalue weighted by molar-refractivity contribution is 5.74. The van der Waals surface area contributed by atoms with Crippen molar-refractivity contribution in [2.45, 2.75) is 37.9 Å². The molecule has 0 radical (unpaired) electrons. The quantitative estimate of drug-likeness (QED) is 0.330. The predicted octanol–water partition coefficient (Wildman–Crippen LogP) is 3.02. The number of nitriles is 1. The normalized spacial score (nSPS) is 17.7. The van der Waals surface area contributed by atoms with Crippen LogP contribution in [0.2, 0.25) is 0 Å². The first-order chi connectivity index (χ1) is 19.4. The molecule has 4 aromatic heterocycles. The van der Waals surface area contributed by atoms with E-state index in [9.17, 15) is 9.65 Å². The summed E-state index contributed by atoms with van der Waals surface area (Å²) in [4.78, 5) is 8.72. The van der Waals surface area contributed by atoms with Gasteiger partial charge in [-0.3, -0.25) is 14.8 Å². The van der Waals surface area contributed by atoms with Gasteiger partial charge < -0.3 is 9.47 Å². The van der Waals surface area contributed by atoms with Crippen LogP contribution >= 0.6 is 0 Å². The molecule has 0 amide bonds. The molecular weight excluding hydrogens is 513 g/mol. The largest absolute Gasteiger partial charge is 0.489 e. The number of ether oxygens (including phenoxy) is 2. The van der Waals surface area contributed by atoms with Gasteiger partial charge in [-0.05, 0) is 52.1 Å². The highest BCUT2D eigenvalue weighted by Crippen LogP contribution is 2.33. The lowest BCUT2D eigenvalue weighted by Gasteiger charge is -2.41. The minimum absolute atomic E-state index is 0.233. The van der Waals surface area contributed by atoms with E-state index < -0.39 is 5.82 Å². The number of likely N-dealkylation sites (tertiary alicyclic amines) is 1. The summed E-state index contributed by atoms with van der Waals surface area (Å²) in [5.41, 5.74) is 4.19. The van der Waals surface area contributed by atoms with Crippen molar-refractivity contribution < 1.29 is 13.9 Å². The Morgan fingerprint density at radius 2 is 2.00 bits per heavy atom. The van der Waals surface area contributed by atoms with E-state index in [2.05, 4.69) is 31.4 Å². The predicted molar refractivity (Wildman–Crippen MR) is 144 cm³/mol. The first-order valence-electron chi connectivity index (χ1n) is 13.5. The van der Waals surface area contributed by atoms with Crippen molar-refractivity contribution in [3.63, 3.8) is 0 Å². The van der Waals surface area contributed by atoms with Crippen molar-refractivity contribution in [3.8, 4) is 23.1 Å². The maximum absolute atomic E-state index is 13.5. The van der Waals surface area contributed by atoms with Crippen LogP contribution in [-0.4, -0.2) is 92.4 Å². The van der Waals surface area contributed by atoms with Crippen molar-refractivity contribution in [2.24, 2.45) is 0 Å². The van der Waals surface area contributed by atoms with Gasteiger partial charge in [0, 0.05) is 24.8 Å². The van der Waals surface area contributed by atoms with Crippen LogP contribution in [0.1, 0.15) is 41.9 Å². The molecular formula is C28H32FN9O2. The van der Waals surface area contributed by atoms with E-state index >= 15 is 0 Å². The van der Waals surface area contributed by atoms with Gasteiger partial charge in [-0.15, -0.1) is 5.10 Å². The molecule has 0 N–H and O–H groups in total. The number of hydrogen-bond donors (Lipinski definition) is 0. The fourth-order valence-corrected chi connectivity index (χ4v) is 5.54. The molecule has 0 aromatic carbocycles. The van der Waals surface area contributed by atoms with Gasteiger partial charge in [0.05, 0.1) is 55.1 Å². The first kappa shape index (κ1) is 26.3. The molecule has 2 aliphatic rings. The van der Waals surface area contributed by atoms with Gasteiger partial charge in [0.2, 0.25) is 0 Å². The second-order valence-electron chi connectivity index (χ2n) is 10.7. The summed E-state index contributed by atoms with van der Waals surface area (Å²) in [7, 11) is 3.83. The van der Waals surface area contributed by atoms with Crippen molar-refractivity contribution in [1.82, 2.24) is 39.4 Å². The number of hydrogen-bond acceptors (Lipinski definition) is 9. The minimum Gasteiger partial charge on any atom is -0.489 e. The topological polar surface area (TPSA) is 110 Å². The molecule has 1 atom stereocenters. The smallest absolute Gasteiger partial charge is 0.147 e. The molecule has 0 bridgehead atoms. The Morgan fingerprint density at radius 1 is 1.20 bits per heavy atom.